The lowest BCUT2D eigenvalue weighted by molar-refractivity contribution is 0.299. The van der Waals surface area contributed by atoms with Crippen molar-refractivity contribution in [3.63, 3.8) is 0 Å². The molecule has 0 N–H and O–H groups in total. The van der Waals surface area contributed by atoms with E-state index in [1.807, 2.05) is 0 Å². The van der Waals surface area contributed by atoms with Gasteiger partial charge in [-0.15, -0.1) is 22.9 Å². The summed E-state index contributed by atoms with van der Waals surface area (Å²) in [7, 11) is 0. The number of thiazole rings is 1. The molecule has 2 atom stereocenters. The Labute approximate surface area is 128 Å². The fourth-order valence-corrected chi connectivity index (χ4v) is 4.77. The summed E-state index contributed by atoms with van der Waals surface area (Å²) in [5.74, 6) is 1.63. The molecule has 20 heavy (non-hydrogen) atoms. The monoisotopic (exact) mass is 306 g/mol. The van der Waals surface area contributed by atoms with Crippen molar-refractivity contribution in [2.24, 2.45) is 5.92 Å². The van der Waals surface area contributed by atoms with Gasteiger partial charge in [-0.05, 0) is 49.9 Å². The minimum absolute atomic E-state index is 0.429. The number of alkyl halides is 1. The maximum absolute atomic E-state index is 5.81. The molecule has 0 bridgehead atoms. The Morgan fingerprint density at radius 2 is 2.40 bits per heavy atom. The highest BCUT2D eigenvalue weighted by Crippen LogP contribution is 2.59. The molecule has 2 fully saturated rings. The molecule has 106 valence electrons. The maximum atomic E-state index is 5.81. The van der Waals surface area contributed by atoms with E-state index in [0.29, 0.717) is 5.41 Å². The molecule has 1 saturated heterocycles. The predicted molar refractivity (Wildman–Crippen MR) is 85.9 cm³/mol. The summed E-state index contributed by atoms with van der Waals surface area (Å²) in [5.41, 5.74) is 3.12. The predicted octanol–water partition coefficient (Wildman–Crippen LogP) is 3.81. The average molecular weight is 307 g/mol. The van der Waals surface area contributed by atoms with Gasteiger partial charge < -0.3 is 4.90 Å². The molecule has 1 aromatic heterocycles. The fraction of sp³-hybridized carbons (Fsp3) is 0.562. The number of piperidine rings is 1. The molecule has 2 aliphatic rings. The van der Waals surface area contributed by atoms with Crippen molar-refractivity contribution in [1.82, 2.24) is 9.88 Å². The molecule has 0 amide bonds. The first-order chi connectivity index (χ1) is 9.71. The van der Waals surface area contributed by atoms with Crippen molar-refractivity contribution in [3.8, 4) is 0 Å². The smallest absolute Gasteiger partial charge is 0.0907 e. The zero-order valence-electron chi connectivity index (χ0n) is 11.7. The summed E-state index contributed by atoms with van der Waals surface area (Å²) in [6, 6.07) is 6.94. The van der Waals surface area contributed by atoms with Crippen LogP contribution in [0.25, 0.3) is 10.2 Å². The molecule has 2 heterocycles. The van der Waals surface area contributed by atoms with Crippen LogP contribution < -0.4 is 0 Å². The molecule has 2 aromatic rings. The average Bonchev–Trinajstić information content (AvgIpc) is 2.82. The van der Waals surface area contributed by atoms with Gasteiger partial charge in [0.05, 0.1) is 15.2 Å². The van der Waals surface area contributed by atoms with Gasteiger partial charge in [0, 0.05) is 24.4 Å². The Morgan fingerprint density at radius 3 is 3.25 bits per heavy atom. The van der Waals surface area contributed by atoms with Gasteiger partial charge in [-0.1, -0.05) is 6.07 Å². The SMILES string of the molecule is Cc1nc2cc(C34CC3CN(CCCCl)C4)ccc2s1. The zero-order chi connectivity index (χ0) is 13.7. The summed E-state index contributed by atoms with van der Waals surface area (Å²) in [6.07, 6.45) is 2.47. The number of likely N-dealkylation sites (tertiary alicyclic amines) is 1. The van der Waals surface area contributed by atoms with Crippen LogP contribution in [0.2, 0.25) is 0 Å². The van der Waals surface area contributed by atoms with E-state index in [1.165, 1.54) is 35.3 Å². The van der Waals surface area contributed by atoms with Gasteiger partial charge in [-0.2, -0.15) is 0 Å². The van der Waals surface area contributed by atoms with E-state index >= 15 is 0 Å². The quantitative estimate of drug-likeness (QED) is 0.799. The molecule has 4 rings (SSSR count). The first kappa shape index (κ1) is 13.1. The minimum Gasteiger partial charge on any atom is -0.302 e. The Hall–Kier alpha value is -0.640. The molecule has 0 spiro atoms. The molecule has 2 nitrogen and oxygen atoms in total. The van der Waals surface area contributed by atoms with Crippen LogP contribution in [0.15, 0.2) is 18.2 Å². The third kappa shape index (κ3) is 1.99. The lowest BCUT2D eigenvalue weighted by Gasteiger charge is -2.20. The highest BCUT2D eigenvalue weighted by atomic mass is 35.5. The molecular formula is C16H19ClN2S. The highest BCUT2D eigenvalue weighted by molar-refractivity contribution is 7.18. The molecule has 1 aromatic carbocycles. The van der Waals surface area contributed by atoms with Crippen LogP contribution in [0.4, 0.5) is 0 Å². The van der Waals surface area contributed by atoms with Crippen molar-refractivity contribution in [2.45, 2.75) is 25.2 Å². The Kier molecular flexibility index (Phi) is 3.06. The Morgan fingerprint density at radius 1 is 1.50 bits per heavy atom. The van der Waals surface area contributed by atoms with Crippen molar-refractivity contribution in [1.29, 1.82) is 0 Å². The largest absolute Gasteiger partial charge is 0.302 e. The third-order valence-electron chi connectivity index (χ3n) is 4.89. The van der Waals surface area contributed by atoms with E-state index in [9.17, 15) is 0 Å². The van der Waals surface area contributed by atoms with E-state index < -0.39 is 0 Å². The zero-order valence-corrected chi connectivity index (χ0v) is 13.3. The van der Waals surface area contributed by atoms with Gasteiger partial charge in [0.1, 0.15) is 0 Å². The van der Waals surface area contributed by atoms with Crippen LogP contribution >= 0.6 is 22.9 Å². The van der Waals surface area contributed by atoms with Crippen LogP contribution in [-0.4, -0.2) is 35.4 Å². The topological polar surface area (TPSA) is 16.1 Å². The molecule has 1 aliphatic heterocycles. The van der Waals surface area contributed by atoms with Crippen LogP contribution in [-0.2, 0) is 5.41 Å². The number of hydrogen-bond donors (Lipinski definition) is 0. The maximum Gasteiger partial charge on any atom is 0.0907 e. The fourth-order valence-electron chi connectivity index (χ4n) is 3.84. The van der Waals surface area contributed by atoms with Crippen LogP contribution in [0.5, 0.6) is 0 Å². The molecule has 1 saturated carbocycles. The van der Waals surface area contributed by atoms with Crippen molar-refractivity contribution < 1.29 is 0 Å². The lowest BCUT2D eigenvalue weighted by Crippen LogP contribution is -2.27. The van der Waals surface area contributed by atoms with E-state index in [1.54, 1.807) is 11.3 Å². The summed E-state index contributed by atoms with van der Waals surface area (Å²) < 4.78 is 1.32. The van der Waals surface area contributed by atoms with E-state index in [2.05, 4.69) is 35.0 Å². The second-order valence-corrected chi connectivity index (χ2v) is 7.86. The third-order valence-corrected chi connectivity index (χ3v) is 6.11. The molecule has 2 unspecified atom stereocenters. The minimum atomic E-state index is 0.429. The number of hydrogen-bond acceptors (Lipinski definition) is 3. The highest BCUT2D eigenvalue weighted by Gasteiger charge is 2.60. The summed E-state index contributed by atoms with van der Waals surface area (Å²) in [4.78, 5) is 7.24. The standard InChI is InChI=1S/C16H19ClN2S/c1-11-18-14-7-12(3-4-15(14)20-11)16-8-13(16)9-19(10-16)6-2-5-17/h3-4,7,13H,2,5-6,8-10H2,1H3. The number of benzene rings is 1. The lowest BCUT2D eigenvalue weighted by atomic mass is 9.95. The second-order valence-electron chi connectivity index (χ2n) is 6.25. The molecule has 4 heteroatoms. The number of rotatable bonds is 4. The van der Waals surface area contributed by atoms with Crippen molar-refractivity contribution >= 4 is 33.2 Å². The van der Waals surface area contributed by atoms with Crippen molar-refractivity contribution in [3.05, 3.63) is 28.8 Å². The Balaban J connectivity index is 1.60. The van der Waals surface area contributed by atoms with E-state index in [0.717, 1.165) is 29.8 Å². The van der Waals surface area contributed by atoms with Gasteiger partial charge in [-0.25, -0.2) is 4.98 Å². The van der Waals surface area contributed by atoms with Gasteiger partial charge in [0.15, 0.2) is 0 Å². The summed E-state index contributed by atoms with van der Waals surface area (Å²) >= 11 is 7.60. The number of aromatic nitrogens is 1. The first-order valence-corrected chi connectivity index (χ1v) is 8.72. The first-order valence-electron chi connectivity index (χ1n) is 7.37. The molecular weight excluding hydrogens is 288 g/mol. The molecule has 0 radical (unpaired) electrons. The number of fused-ring (bicyclic) bond motifs is 2. The number of halogens is 1. The molecule has 1 aliphatic carbocycles. The normalized spacial score (nSPS) is 29.0. The van der Waals surface area contributed by atoms with Crippen LogP contribution in [0.1, 0.15) is 23.4 Å². The Bertz CT molecular complexity index is 653. The van der Waals surface area contributed by atoms with Gasteiger partial charge in [0.2, 0.25) is 0 Å². The van der Waals surface area contributed by atoms with Gasteiger partial charge in [-0.3, -0.25) is 0 Å². The van der Waals surface area contributed by atoms with Crippen LogP contribution in [0.3, 0.4) is 0 Å². The van der Waals surface area contributed by atoms with Crippen LogP contribution in [0, 0.1) is 12.8 Å². The van der Waals surface area contributed by atoms with E-state index in [-0.39, 0.29) is 0 Å². The number of aryl methyl sites for hydroxylation is 1. The van der Waals surface area contributed by atoms with E-state index in [4.69, 9.17) is 11.6 Å². The number of nitrogens with zero attached hydrogens (tertiary/aromatic N) is 2. The van der Waals surface area contributed by atoms with Gasteiger partial charge >= 0.3 is 0 Å². The van der Waals surface area contributed by atoms with Crippen molar-refractivity contribution in [2.75, 3.05) is 25.5 Å². The summed E-state index contributed by atoms with van der Waals surface area (Å²) in [6.45, 7) is 5.71. The second kappa shape index (κ2) is 4.69. The van der Waals surface area contributed by atoms with Gasteiger partial charge in [0.25, 0.3) is 0 Å². The summed E-state index contributed by atoms with van der Waals surface area (Å²) in [5, 5.41) is 1.16.